The Hall–Kier alpha value is -1.41. The lowest BCUT2D eigenvalue weighted by atomic mass is 9.98. The molecule has 0 radical (unpaired) electrons. The minimum atomic E-state index is -4.83. The molecule has 170 valence electrons. The van der Waals surface area contributed by atoms with Gasteiger partial charge < -0.3 is 9.47 Å². The van der Waals surface area contributed by atoms with E-state index in [2.05, 4.69) is 13.5 Å². The van der Waals surface area contributed by atoms with Crippen LogP contribution in [0.25, 0.3) is 0 Å². The number of ether oxygens (including phenoxy) is 2. The fourth-order valence-corrected chi connectivity index (χ4v) is 3.59. The summed E-state index contributed by atoms with van der Waals surface area (Å²) in [5.74, 6) is -1.83. The Labute approximate surface area is 176 Å². The minimum Gasteiger partial charge on any atom is -0.465 e. The van der Waals surface area contributed by atoms with Crippen LogP contribution in [0.5, 0.6) is 0 Å². The van der Waals surface area contributed by atoms with Crippen molar-refractivity contribution < 1.29 is 32.0 Å². The summed E-state index contributed by atoms with van der Waals surface area (Å²) in [5, 5.41) is -2.02. The van der Waals surface area contributed by atoms with Crippen LogP contribution in [0.1, 0.15) is 85.5 Å². The quantitative estimate of drug-likeness (QED) is 0.214. The molecule has 3 unspecified atom stereocenters. The number of esters is 2. The first-order chi connectivity index (χ1) is 13.6. The van der Waals surface area contributed by atoms with E-state index in [0.29, 0.717) is 6.42 Å². The molecule has 0 aliphatic rings. The van der Waals surface area contributed by atoms with Gasteiger partial charge in [-0.15, -0.1) is 0 Å². The van der Waals surface area contributed by atoms with Crippen molar-refractivity contribution >= 4 is 22.1 Å². The molecule has 0 saturated heterocycles. The van der Waals surface area contributed by atoms with Gasteiger partial charge in [0, 0.05) is 5.92 Å². The highest BCUT2D eigenvalue weighted by Gasteiger charge is 2.36. The number of rotatable bonds is 16. The molecule has 0 rings (SSSR count). The van der Waals surface area contributed by atoms with Crippen LogP contribution in [0, 0.1) is 11.8 Å². The molecular weight excluding hydrogens is 396 g/mol. The van der Waals surface area contributed by atoms with Gasteiger partial charge in [0.05, 0.1) is 13.0 Å². The van der Waals surface area contributed by atoms with Crippen LogP contribution in [0.4, 0.5) is 0 Å². The standard InChI is InChI=1S/C21H38O7S/c1-6-10-12-17(8-3)15-27-20(22)14-19(29(24,25)26)21(23)28-16(5)18(9-4)13-11-7-2/h17-19H,5-15H2,1-4H3,(H,24,25,26). The van der Waals surface area contributed by atoms with Gasteiger partial charge in [0.25, 0.3) is 10.1 Å². The molecule has 0 aliphatic carbocycles. The van der Waals surface area contributed by atoms with E-state index >= 15 is 0 Å². The van der Waals surface area contributed by atoms with Gasteiger partial charge in [-0.25, -0.2) is 0 Å². The van der Waals surface area contributed by atoms with Gasteiger partial charge in [-0.3, -0.25) is 14.1 Å². The van der Waals surface area contributed by atoms with Crippen molar-refractivity contribution in [3.8, 4) is 0 Å². The Kier molecular flexibility index (Phi) is 13.8. The molecule has 0 spiro atoms. The summed E-state index contributed by atoms with van der Waals surface area (Å²) >= 11 is 0. The van der Waals surface area contributed by atoms with Gasteiger partial charge >= 0.3 is 11.9 Å². The zero-order chi connectivity index (χ0) is 22.4. The van der Waals surface area contributed by atoms with E-state index in [9.17, 15) is 22.6 Å². The van der Waals surface area contributed by atoms with Crippen molar-refractivity contribution in [2.45, 2.75) is 90.7 Å². The first-order valence-corrected chi connectivity index (χ1v) is 12.1. The summed E-state index contributed by atoms with van der Waals surface area (Å²) in [6.45, 7) is 11.9. The molecule has 29 heavy (non-hydrogen) atoms. The van der Waals surface area contributed by atoms with E-state index in [4.69, 9.17) is 9.47 Å². The maximum Gasteiger partial charge on any atom is 0.332 e. The van der Waals surface area contributed by atoms with E-state index in [1.54, 1.807) is 0 Å². The molecule has 0 fully saturated rings. The van der Waals surface area contributed by atoms with Crippen LogP contribution in [0.3, 0.4) is 0 Å². The third kappa shape index (κ3) is 11.4. The Bertz CT molecular complexity index is 613. The largest absolute Gasteiger partial charge is 0.465 e. The Balaban J connectivity index is 4.94. The summed E-state index contributed by atoms with van der Waals surface area (Å²) in [4.78, 5) is 24.4. The molecule has 0 heterocycles. The lowest BCUT2D eigenvalue weighted by Crippen LogP contribution is -2.35. The van der Waals surface area contributed by atoms with Gasteiger partial charge in [0.15, 0.2) is 5.25 Å². The second-order valence-electron chi connectivity index (χ2n) is 7.44. The van der Waals surface area contributed by atoms with E-state index in [1.165, 1.54) is 0 Å². The van der Waals surface area contributed by atoms with Gasteiger partial charge in [-0.2, -0.15) is 8.42 Å². The zero-order valence-corrected chi connectivity index (χ0v) is 19.1. The van der Waals surface area contributed by atoms with Crippen LogP contribution in [0.2, 0.25) is 0 Å². The van der Waals surface area contributed by atoms with Crippen LogP contribution >= 0.6 is 0 Å². The topological polar surface area (TPSA) is 107 Å². The van der Waals surface area contributed by atoms with Gasteiger partial charge in [0.2, 0.25) is 0 Å². The van der Waals surface area contributed by atoms with E-state index in [0.717, 1.165) is 44.9 Å². The third-order valence-corrected chi connectivity index (χ3v) is 6.16. The van der Waals surface area contributed by atoms with Crippen molar-refractivity contribution in [1.82, 2.24) is 0 Å². The summed E-state index contributed by atoms with van der Waals surface area (Å²) in [6, 6.07) is 0. The molecule has 0 amide bonds. The number of hydrogen-bond donors (Lipinski definition) is 1. The molecule has 7 nitrogen and oxygen atoms in total. The Morgan fingerprint density at radius 2 is 1.59 bits per heavy atom. The van der Waals surface area contributed by atoms with Crippen molar-refractivity contribution in [2.24, 2.45) is 11.8 Å². The van der Waals surface area contributed by atoms with Crippen molar-refractivity contribution in [1.29, 1.82) is 0 Å². The molecular formula is C21H38O7S. The minimum absolute atomic E-state index is 0.100. The smallest absolute Gasteiger partial charge is 0.332 e. The van der Waals surface area contributed by atoms with Crippen LogP contribution in [-0.4, -0.2) is 36.8 Å². The molecule has 0 aromatic rings. The van der Waals surface area contributed by atoms with Gasteiger partial charge in [-0.05, 0) is 25.2 Å². The van der Waals surface area contributed by atoms with Crippen molar-refractivity contribution in [3.63, 3.8) is 0 Å². The monoisotopic (exact) mass is 434 g/mol. The molecule has 0 saturated carbocycles. The molecule has 0 aromatic carbocycles. The molecule has 0 aromatic heterocycles. The molecule has 8 heteroatoms. The lowest BCUT2D eigenvalue weighted by molar-refractivity contribution is -0.149. The fraction of sp³-hybridized carbons (Fsp3) is 0.810. The maximum absolute atomic E-state index is 12.3. The summed E-state index contributed by atoms with van der Waals surface area (Å²) in [6.07, 6.45) is 6.30. The van der Waals surface area contributed by atoms with Gasteiger partial charge in [0.1, 0.15) is 5.76 Å². The Morgan fingerprint density at radius 3 is 2.07 bits per heavy atom. The summed E-state index contributed by atoms with van der Waals surface area (Å²) < 4.78 is 43.0. The number of carbonyl (C=O) groups is 2. The Morgan fingerprint density at radius 1 is 1.00 bits per heavy atom. The number of carbonyl (C=O) groups excluding carboxylic acids is 2. The predicted molar refractivity (Wildman–Crippen MR) is 113 cm³/mol. The van der Waals surface area contributed by atoms with E-state index in [1.807, 2.05) is 20.8 Å². The normalized spacial score (nSPS) is 14.7. The van der Waals surface area contributed by atoms with Crippen LogP contribution in [0.15, 0.2) is 12.3 Å². The second-order valence-corrected chi connectivity index (χ2v) is 9.04. The first-order valence-electron chi connectivity index (χ1n) is 10.6. The van der Waals surface area contributed by atoms with Gasteiger partial charge in [-0.1, -0.05) is 66.4 Å². The SMILES string of the molecule is C=C(OC(=O)C(CC(=O)OCC(CC)CCCC)S(=O)(=O)O)C(CC)CCCC. The summed E-state index contributed by atoms with van der Waals surface area (Å²) in [7, 11) is -4.83. The molecule has 0 bridgehead atoms. The summed E-state index contributed by atoms with van der Waals surface area (Å²) in [5.41, 5.74) is 0. The van der Waals surface area contributed by atoms with E-state index in [-0.39, 0.29) is 24.2 Å². The first kappa shape index (κ1) is 27.6. The third-order valence-electron chi connectivity index (χ3n) is 5.08. The molecule has 3 atom stereocenters. The highest BCUT2D eigenvalue weighted by Crippen LogP contribution is 2.23. The predicted octanol–water partition coefficient (Wildman–Crippen LogP) is 4.67. The number of allylic oxidation sites excluding steroid dienone is 1. The maximum atomic E-state index is 12.3. The average Bonchev–Trinajstić information content (AvgIpc) is 2.65. The highest BCUT2D eigenvalue weighted by atomic mass is 32.2. The average molecular weight is 435 g/mol. The number of hydrogen-bond acceptors (Lipinski definition) is 6. The number of unbranched alkanes of at least 4 members (excludes halogenated alkanes) is 2. The fourth-order valence-electron chi connectivity index (χ4n) is 2.95. The molecule has 1 N–H and O–H groups in total. The van der Waals surface area contributed by atoms with E-state index < -0.39 is 33.7 Å². The van der Waals surface area contributed by atoms with Crippen LogP contribution < -0.4 is 0 Å². The molecule has 0 aliphatic heterocycles. The van der Waals surface area contributed by atoms with Crippen molar-refractivity contribution in [2.75, 3.05) is 6.61 Å². The lowest BCUT2D eigenvalue weighted by Gasteiger charge is -2.20. The van der Waals surface area contributed by atoms with Crippen molar-refractivity contribution in [3.05, 3.63) is 12.3 Å². The van der Waals surface area contributed by atoms with Crippen LogP contribution in [-0.2, 0) is 29.2 Å². The highest BCUT2D eigenvalue weighted by molar-refractivity contribution is 7.87. The second kappa shape index (κ2) is 14.6. The zero-order valence-electron chi connectivity index (χ0n) is 18.3.